The maximum atomic E-state index is 13.5. The fraction of sp³-hybridized carbons (Fsp3) is 0.414. The second-order valence-electron chi connectivity index (χ2n) is 9.98. The highest BCUT2D eigenvalue weighted by molar-refractivity contribution is 6.08. The molecule has 41 heavy (non-hydrogen) atoms. The number of pyridine rings is 1. The van der Waals surface area contributed by atoms with Crippen LogP contribution in [0.2, 0.25) is 0 Å². The van der Waals surface area contributed by atoms with Crippen molar-refractivity contribution < 1.29 is 14.3 Å². The number of nitriles is 1. The molecule has 0 bridgehead atoms. The zero-order chi connectivity index (χ0) is 28.4. The number of carbonyl (C=O) groups excluding carboxylic acids is 1. The molecule has 2 aromatic heterocycles. The van der Waals surface area contributed by atoms with Crippen molar-refractivity contribution in [2.75, 3.05) is 75.1 Å². The van der Waals surface area contributed by atoms with Crippen LogP contribution >= 0.6 is 0 Å². The van der Waals surface area contributed by atoms with Gasteiger partial charge in [-0.1, -0.05) is 0 Å². The third-order valence-electron chi connectivity index (χ3n) is 7.28. The van der Waals surface area contributed by atoms with Gasteiger partial charge in [0, 0.05) is 50.7 Å². The van der Waals surface area contributed by atoms with Gasteiger partial charge in [-0.15, -0.1) is 0 Å². The van der Waals surface area contributed by atoms with Gasteiger partial charge in [-0.2, -0.15) is 5.26 Å². The zero-order valence-electron chi connectivity index (χ0n) is 23.2. The smallest absolute Gasteiger partial charge is 0.259 e. The van der Waals surface area contributed by atoms with Gasteiger partial charge in [0.05, 0.1) is 36.9 Å². The molecule has 1 amide bonds. The fourth-order valence-corrected chi connectivity index (χ4v) is 4.90. The molecule has 0 saturated carbocycles. The fourth-order valence-electron chi connectivity index (χ4n) is 4.90. The van der Waals surface area contributed by atoms with Crippen molar-refractivity contribution in [3.63, 3.8) is 0 Å². The predicted octanol–water partition coefficient (Wildman–Crippen LogP) is 2.64. The first kappa shape index (κ1) is 28.2. The molecule has 2 saturated heterocycles. The lowest BCUT2D eigenvalue weighted by Gasteiger charge is -2.34. The quantitative estimate of drug-likeness (QED) is 0.339. The van der Waals surface area contributed by atoms with Crippen LogP contribution in [-0.2, 0) is 4.74 Å². The minimum Gasteiger partial charge on any atom is -0.492 e. The number of carbonyl (C=O) groups is 1. The van der Waals surface area contributed by atoms with Gasteiger partial charge in [-0.3, -0.25) is 9.69 Å². The highest BCUT2D eigenvalue weighted by atomic mass is 16.5. The second-order valence-corrected chi connectivity index (χ2v) is 9.98. The lowest BCUT2D eigenvalue weighted by Crippen LogP contribution is -2.41. The Morgan fingerprint density at radius 1 is 1.12 bits per heavy atom. The lowest BCUT2D eigenvalue weighted by molar-refractivity contribution is 0.0322. The first-order chi connectivity index (χ1) is 20.1. The monoisotopic (exact) mass is 557 g/mol. The Bertz CT molecular complexity index is 1330. The van der Waals surface area contributed by atoms with Gasteiger partial charge in [0.25, 0.3) is 5.91 Å². The SMILES string of the molecule is CN(c1cc(Nc2cnc(C#N)cn2)ncc1C(=O)Nc1ccc(OCCN2CCOCC2)cc1)C1CCNCC1. The van der Waals surface area contributed by atoms with Crippen molar-refractivity contribution in [2.45, 2.75) is 18.9 Å². The molecule has 12 heteroatoms. The van der Waals surface area contributed by atoms with E-state index in [2.05, 4.69) is 40.7 Å². The van der Waals surface area contributed by atoms with Crippen molar-refractivity contribution in [2.24, 2.45) is 0 Å². The number of aromatic nitrogens is 3. The highest BCUT2D eigenvalue weighted by Crippen LogP contribution is 2.28. The van der Waals surface area contributed by atoms with Gasteiger partial charge in [0.2, 0.25) is 0 Å². The first-order valence-corrected chi connectivity index (χ1v) is 13.9. The van der Waals surface area contributed by atoms with E-state index >= 15 is 0 Å². The number of benzene rings is 1. The third kappa shape index (κ3) is 7.67. The number of nitrogens with zero attached hydrogens (tertiary/aromatic N) is 6. The van der Waals surface area contributed by atoms with Crippen LogP contribution in [0.1, 0.15) is 28.9 Å². The normalized spacial score (nSPS) is 16.0. The Morgan fingerprint density at radius 2 is 1.88 bits per heavy atom. The van der Waals surface area contributed by atoms with Gasteiger partial charge in [0.15, 0.2) is 5.69 Å². The molecule has 0 spiro atoms. The Kier molecular flexibility index (Phi) is 9.53. The number of hydrogen-bond donors (Lipinski definition) is 3. The molecule has 3 aromatic rings. The van der Waals surface area contributed by atoms with E-state index < -0.39 is 0 Å². The summed E-state index contributed by atoms with van der Waals surface area (Å²) in [7, 11) is 2.01. The van der Waals surface area contributed by atoms with Crippen LogP contribution in [0.4, 0.5) is 23.0 Å². The van der Waals surface area contributed by atoms with E-state index in [0.717, 1.165) is 70.2 Å². The van der Waals surface area contributed by atoms with Crippen LogP contribution in [0.5, 0.6) is 5.75 Å². The molecular formula is C29H35N9O3. The average molecular weight is 558 g/mol. The number of anilines is 4. The summed E-state index contributed by atoms with van der Waals surface area (Å²) in [5.74, 6) is 1.48. The van der Waals surface area contributed by atoms with Crippen LogP contribution in [0, 0.1) is 11.3 Å². The molecule has 2 aliphatic rings. The van der Waals surface area contributed by atoms with E-state index in [1.165, 1.54) is 12.4 Å². The van der Waals surface area contributed by atoms with Crippen LogP contribution in [0.3, 0.4) is 0 Å². The molecule has 0 aliphatic carbocycles. The van der Waals surface area contributed by atoms with E-state index in [-0.39, 0.29) is 17.6 Å². The standard InChI is InChI=1S/C29H35N9O3/c1-37(23-6-8-31-9-7-23)26-16-27(36-28-20-32-22(17-30)18-33-28)34-19-25(26)29(39)35-21-2-4-24(5-3-21)41-15-12-38-10-13-40-14-11-38/h2-5,16,18-20,23,31H,6-15H2,1H3,(H,35,39)(H,33,34,36). The molecule has 2 fully saturated rings. The van der Waals surface area contributed by atoms with E-state index in [9.17, 15) is 4.79 Å². The molecule has 12 nitrogen and oxygen atoms in total. The molecule has 0 radical (unpaired) electrons. The van der Waals surface area contributed by atoms with Crippen LogP contribution in [-0.4, -0.2) is 91.4 Å². The van der Waals surface area contributed by atoms with Crippen LogP contribution in [0.25, 0.3) is 0 Å². The number of hydrogen-bond acceptors (Lipinski definition) is 11. The molecule has 214 valence electrons. The van der Waals surface area contributed by atoms with Crippen LogP contribution in [0.15, 0.2) is 48.9 Å². The molecule has 1 aromatic carbocycles. The van der Waals surface area contributed by atoms with E-state index in [0.29, 0.717) is 29.5 Å². The minimum atomic E-state index is -0.251. The number of ether oxygens (including phenoxy) is 2. The lowest BCUT2D eigenvalue weighted by atomic mass is 10.0. The Morgan fingerprint density at radius 3 is 2.59 bits per heavy atom. The summed E-state index contributed by atoms with van der Waals surface area (Å²) >= 11 is 0. The van der Waals surface area contributed by atoms with Crippen molar-refractivity contribution in [1.82, 2.24) is 25.2 Å². The molecule has 0 atom stereocenters. The second kappa shape index (κ2) is 13.8. The molecule has 3 N–H and O–H groups in total. The maximum absolute atomic E-state index is 13.5. The van der Waals surface area contributed by atoms with E-state index in [1.54, 1.807) is 6.20 Å². The van der Waals surface area contributed by atoms with E-state index in [1.807, 2.05) is 43.4 Å². The number of piperidine rings is 1. The highest BCUT2D eigenvalue weighted by Gasteiger charge is 2.24. The van der Waals surface area contributed by atoms with E-state index in [4.69, 9.17) is 14.7 Å². The topological polar surface area (TPSA) is 141 Å². The minimum absolute atomic E-state index is 0.231. The summed E-state index contributed by atoms with van der Waals surface area (Å²) in [6.45, 7) is 6.69. The van der Waals surface area contributed by atoms with Crippen molar-refractivity contribution in [3.05, 3.63) is 60.2 Å². The summed E-state index contributed by atoms with van der Waals surface area (Å²) in [5.41, 5.74) is 2.13. The number of amides is 1. The summed E-state index contributed by atoms with van der Waals surface area (Å²) < 4.78 is 11.3. The number of morpholine rings is 1. The molecular weight excluding hydrogens is 522 g/mol. The van der Waals surface area contributed by atoms with Gasteiger partial charge in [-0.25, -0.2) is 15.0 Å². The number of nitrogens with one attached hydrogen (secondary N) is 3. The summed E-state index contributed by atoms with van der Waals surface area (Å²) in [6.07, 6.45) is 6.39. The Hall–Kier alpha value is -4.31. The average Bonchev–Trinajstić information content (AvgIpc) is 3.03. The Labute approximate surface area is 239 Å². The van der Waals surface area contributed by atoms with Gasteiger partial charge in [-0.05, 0) is 50.2 Å². The summed E-state index contributed by atoms with van der Waals surface area (Å²) in [5, 5.41) is 18.5. The summed E-state index contributed by atoms with van der Waals surface area (Å²) in [4.78, 5) is 30.7. The first-order valence-electron chi connectivity index (χ1n) is 13.9. The van der Waals surface area contributed by atoms with Gasteiger partial charge in [0.1, 0.15) is 30.1 Å². The molecule has 2 aliphatic heterocycles. The number of rotatable bonds is 10. The zero-order valence-corrected chi connectivity index (χ0v) is 23.2. The molecule has 0 unspecified atom stereocenters. The van der Waals surface area contributed by atoms with Gasteiger partial charge < -0.3 is 30.3 Å². The largest absolute Gasteiger partial charge is 0.492 e. The molecule has 5 rings (SSSR count). The Balaban J connectivity index is 1.27. The van der Waals surface area contributed by atoms with Gasteiger partial charge >= 0.3 is 0 Å². The summed E-state index contributed by atoms with van der Waals surface area (Å²) in [6, 6.07) is 11.5. The predicted molar refractivity (Wildman–Crippen MR) is 156 cm³/mol. The van der Waals surface area contributed by atoms with Crippen molar-refractivity contribution in [1.29, 1.82) is 5.26 Å². The third-order valence-corrected chi connectivity index (χ3v) is 7.28. The van der Waals surface area contributed by atoms with Crippen LogP contribution < -0.4 is 25.6 Å². The van der Waals surface area contributed by atoms with Crippen molar-refractivity contribution in [3.8, 4) is 11.8 Å². The maximum Gasteiger partial charge on any atom is 0.259 e. The van der Waals surface area contributed by atoms with Crippen molar-refractivity contribution >= 4 is 28.9 Å². The molecule has 4 heterocycles.